The molecule has 0 aliphatic carbocycles. The predicted octanol–water partition coefficient (Wildman–Crippen LogP) is 0.928. The third-order valence-electron chi connectivity index (χ3n) is 3.86. The van der Waals surface area contributed by atoms with Crippen molar-refractivity contribution in [2.24, 2.45) is 5.41 Å². The Hall–Kier alpha value is 0.683. The first-order chi connectivity index (χ1) is 14.3. The fourth-order valence-electron chi connectivity index (χ4n) is 1.68. The van der Waals surface area contributed by atoms with Gasteiger partial charge in [-0.2, -0.15) is 4.31 Å². The Bertz CT molecular complexity index is 525. The molecule has 0 aromatic rings. The SMILES string of the molecule is C=CCOCC(CC)(CO)CO.CN(C)CCOP(=O)(O)OP(=O)(O)OCCN(C)C.[Zr]. The molecule has 0 radical (unpaired) electrons. The number of aliphatic hydroxyl groups excluding tert-OH is 2. The summed E-state index contributed by atoms with van der Waals surface area (Å²) in [6.07, 6.45) is 2.35. The molecule has 0 aromatic carbocycles. The van der Waals surface area contributed by atoms with Crippen LogP contribution in [0, 0.1) is 5.41 Å². The van der Waals surface area contributed by atoms with Crippen LogP contribution in [0.15, 0.2) is 12.7 Å². The Morgan fingerprint density at radius 3 is 1.62 bits per heavy atom. The van der Waals surface area contributed by atoms with E-state index in [1.54, 1.807) is 44.1 Å². The summed E-state index contributed by atoms with van der Waals surface area (Å²) < 4.78 is 41.1. The quantitative estimate of drug-likeness (QED) is 0.109. The van der Waals surface area contributed by atoms with E-state index in [9.17, 15) is 18.9 Å². The van der Waals surface area contributed by atoms with E-state index in [1.165, 1.54) is 0 Å². The smallest absolute Gasteiger partial charge is 0.396 e. The van der Waals surface area contributed by atoms with Gasteiger partial charge in [0.05, 0.1) is 39.6 Å². The summed E-state index contributed by atoms with van der Waals surface area (Å²) in [6.45, 7) is 6.68. The molecule has 0 aliphatic rings. The Morgan fingerprint density at radius 1 is 0.938 bits per heavy atom. The van der Waals surface area contributed by atoms with Crippen LogP contribution in [0.4, 0.5) is 0 Å². The molecule has 0 amide bonds. The van der Waals surface area contributed by atoms with Crippen LogP contribution in [-0.4, -0.2) is 111 Å². The van der Waals surface area contributed by atoms with Crippen LogP contribution in [0.25, 0.3) is 0 Å². The zero-order chi connectivity index (χ0) is 24.6. The molecule has 0 aliphatic heterocycles. The minimum Gasteiger partial charge on any atom is -0.396 e. The maximum absolute atomic E-state index is 11.4. The van der Waals surface area contributed by atoms with Gasteiger partial charge in [0.15, 0.2) is 0 Å². The fraction of sp³-hybridized carbons (Fsp3) is 0.882. The van der Waals surface area contributed by atoms with Crippen LogP contribution in [0.2, 0.25) is 0 Å². The molecule has 0 bridgehead atoms. The van der Waals surface area contributed by atoms with Crippen molar-refractivity contribution in [3.8, 4) is 0 Å². The summed E-state index contributed by atoms with van der Waals surface area (Å²) in [4.78, 5) is 21.9. The topological polar surface area (TPSA) is 158 Å². The standard InChI is InChI=1S/C9H18O3.C8H22N2O7P2.Zr/c1-3-5-12-8-9(4-2,6-10)7-11;1-9(2)5-7-15-18(11,12)17-19(13,14)16-8-6-10(3)4;/h3,10-11H,1,4-8H2,2H3;5-8H2,1-4H3,(H,11,12)(H,13,14);. The van der Waals surface area contributed by atoms with Gasteiger partial charge in [0.25, 0.3) is 0 Å². The van der Waals surface area contributed by atoms with Gasteiger partial charge in [0, 0.05) is 44.7 Å². The van der Waals surface area contributed by atoms with Gasteiger partial charge in [-0.1, -0.05) is 13.0 Å². The number of likely N-dealkylation sites (N-methyl/N-ethyl adjacent to an activating group) is 2. The maximum Gasteiger partial charge on any atom is 0.481 e. The van der Waals surface area contributed by atoms with Crippen molar-refractivity contribution in [3.05, 3.63) is 12.7 Å². The average molecular weight is 586 g/mol. The van der Waals surface area contributed by atoms with E-state index in [0.29, 0.717) is 32.7 Å². The maximum atomic E-state index is 11.4. The summed E-state index contributed by atoms with van der Waals surface area (Å²) in [5.74, 6) is 0. The number of phosphoric ester groups is 2. The first-order valence-electron chi connectivity index (χ1n) is 9.64. The Labute approximate surface area is 210 Å². The fourth-order valence-corrected chi connectivity index (χ4v) is 3.73. The molecule has 32 heavy (non-hydrogen) atoms. The molecule has 0 aromatic heterocycles. The summed E-state index contributed by atoms with van der Waals surface area (Å²) in [5, 5.41) is 18.0. The first kappa shape index (κ1) is 37.2. The summed E-state index contributed by atoms with van der Waals surface area (Å²) in [5.41, 5.74) is -0.483. The monoisotopic (exact) mass is 584 g/mol. The van der Waals surface area contributed by atoms with E-state index in [2.05, 4.69) is 19.9 Å². The Morgan fingerprint density at radius 2 is 1.34 bits per heavy atom. The second kappa shape index (κ2) is 19.9. The van der Waals surface area contributed by atoms with Crippen molar-refractivity contribution in [3.63, 3.8) is 0 Å². The van der Waals surface area contributed by atoms with Crippen molar-refractivity contribution < 1.29 is 73.4 Å². The van der Waals surface area contributed by atoms with E-state index < -0.39 is 21.1 Å². The number of phosphoric acid groups is 2. The molecule has 192 valence electrons. The molecule has 2 atom stereocenters. The predicted molar refractivity (Wildman–Crippen MR) is 118 cm³/mol. The molecule has 0 heterocycles. The second-order valence-electron chi connectivity index (χ2n) is 7.27. The molecule has 2 unspecified atom stereocenters. The van der Waals surface area contributed by atoms with E-state index in [1.807, 2.05) is 6.92 Å². The van der Waals surface area contributed by atoms with Crippen LogP contribution in [0.1, 0.15) is 13.3 Å². The zero-order valence-corrected chi connectivity index (χ0v) is 23.9. The third-order valence-corrected chi connectivity index (χ3v) is 6.53. The summed E-state index contributed by atoms with van der Waals surface area (Å²) in [7, 11) is -2.25. The van der Waals surface area contributed by atoms with E-state index >= 15 is 0 Å². The molecule has 15 heteroatoms. The molecular formula is C17H40N2O10P2Zr. The molecule has 12 nitrogen and oxygen atoms in total. The number of rotatable bonds is 17. The first-order valence-corrected chi connectivity index (χ1v) is 12.6. The molecule has 0 rings (SSSR count). The molecule has 0 spiro atoms. The summed E-state index contributed by atoms with van der Waals surface area (Å²) >= 11 is 0. The van der Waals surface area contributed by atoms with E-state index in [-0.39, 0.29) is 52.6 Å². The van der Waals surface area contributed by atoms with Crippen LogP contribution < -0.4 is 0 Å². The van der Waals surface area contributed by atoms with E-state index in [0.717, 1.165) is 0 Å². The number of aliphatic hydroxyl groups is 2. The zero-order valence-electron chi connectivity index (χ0n) is 19.7. The molecule has 0 saturated heterocycles. The van der Waals surface area contributed by atoms with Gasteiger partial charge >= 0.3 is 15.6 Å². The normalized spacial score (nSPS) is 15.3. The van der Waals surface area contributed by atoms with Gasteiger partial charge < -0.3 is 34.5 Å². The van der Waals surface area contributed by atoms with Crippen LogP contribution in [0.5, 0.6) is 0 Å². The van der Waals surface area contributed by atoms with Gasteiger partial charge in [-0.05, 0) is 34.6 Å². The van der Waals surface area contributed by atoms with Crippen LogP contribution in [-0.2, 0) is 53.4 Å². The third kappa shape index (κ3) is 21.2. The van der Waals surface area contributed by atoms with Crippen LogP contribution >= 0.6 is 15.6 Å². The number of ether oxygens (including phenoxy) is 1. The molecule has 0 saturated carbocycles. The second-order valence-corrected chi connectivity index (χ2v) is 10.3. The van der Waals surface area contributed by atoms with Gasteiger partial charge in [0.2, 0.25) is 0 Å². The van der Waals surface area contributed by atoms with Crippen molar-refractivity contribution in [1.82, 2.24) is 9.80 Å². The van der Waals surface area contributed by atoms with Gasteiger partial charge in [-0.3, -0.25) is 9.05 Å². The van der Waals surface area contributed by atoms with Gasteiger partial charge in [-0.25, -0.2) is 9.13 Å². The minimum atomic E-state index is -4.61. The van der Waals surface area contributed by atoms with Gasteiger partial charge in [-0.15, -0.1) is 6.58 Å². The van der Waals surface area contributed by atoms with Crippen LogP contribution in [0.3, 0.4) is 0 Å². The van der Waals surface area contributed by atoms with Gasteiger partial charge in [0.1, 0.15) is 0 Å². The Balaban J connectivity index is -0.000000561. The van der Waals surface area contributed by atoms with Crippen molar-refractivity contribution in [1.29, 1.82) is 0 Å². The van der Waals surface area contributed by atoms with Crippen molar-refractivity contribution in [2.75, 3.05) is 80.9 Å². The number of nitrogens with zero attached hydrogens (tertiary/aromatic N) is 2. The molecule has 4 N–H and O–H groups in total. The van der Waals surface area contributed by atoms with Crippen molar-refractivity contribution >= 4 is 15.6 Å². The number of hydrogen-bond donors (Lipinski definition) is 4. The average Bonchev–Trinajstić information content (AvgIpc) is 2.64. The summed E-state index contributed by atoms with van der Waals surface area (Å²) in [6, 6.07) is 0. The molecule has 0 fully saturated rings. The number of hydrogen-bond acceptors (Lipinski definition) is 10. The minimum absolute atomic E-state index is 0. The van der Waals surface area contributed by atoms with Crippen molar-refractivity contribution in [2.45, 2.75) is 13.3 Å². The largest absolute Gasteiger partial charge is 0.481 e. The molecular weight excluding hydrogens is 545 g/mol. The Kier molecular flexibility index (Phi) is 23.2. The van der Waals surface area contributed by atoms with E-state index in [4.69, 9.17) is 14.9 Å².